The van der Waals surface area contributed by atoms with Crippen LogP contribution >= 0.6 is 0 Å². The number of nitro groups is 1. The second-order valence-corrected chi connectivity index (χ2v) is 9.66. The number of anilines is 2. The number of amides is 2. The van der Waals surface area contributed by atoms with Crippen LogP contribution in [0, 0.1) is 10.1 Å². The molecule has 10 nitrogen and oxygen atoms in total. The molecule has 2 N–H and O–H groups in total. The maximum atomic E-state index is 12.8. The zero-order valence-corrected chi connectivity index (χ0v) is 20.0. The van der Waals surface area contributed by atoms with Crippen LogP contribution in [0.1, 0.15) is 54.4 Å². The molecule has 36 heavy (non-hydrogen) atoms. The predicted octanol–water partition coefficient (Wildman–Crippen LogP) is 3.75. The number of hydrogen-bond donors (Lipinski definition) is 2. The Bertz CT molecular complexity index is 1160. The van der Waals surface area contributed by atoms with Crippen LogP contribution in [-0.2, 0) is 11.3 Å². The van der Waals surface area contributed by atoms with E-state index in [0.29, 0.717) is 44.5 Å². The van der Waals surface area contributed by atoms with Gasteiger partial charge in [0.15, 0.2) is 0 Å². The third-order valence-corrected chi connectivity index (χ3v) is 7.45. The molecule has 0 bridgehead atoms. The molecule has 0 unspecified atom stereocenters. The Labute approximate surface area is 209 Å². The van der Waals surface area contributed by atoms with Gasteiger partial charge < -0.3 is 20.1 Å². The Morgan fingerprint density at radius 3 is 2.56 bits per heavy atom. The zero-order valence-electron chi connectivity index (χ0n) is 20.0. The van der Waals surface area contributed by atoms with Crippen molar-refractivity contribution in [1.82, 2.24) is 5.32 Å². The summed E-state index contributed by atoms with van der Waals surface area (Å²) in [6, 6.07) is 11.8. The standard InChI is InChI=1S/C26H30N4O6/c31-24-8-4-2-6-20(24)27-25(32)17-9-10-22(23(15-17)30(34)35)28-13-11-19(12-14-28)29-21-7-3-1-5-18(21)16-36-26(29)33/h1,3,5,7,9-10,15,19-20,24,31H,2,4,6,8,11-14,16H2,(H,27,32)/t20-,24+/m0/s1. The number of aliphatic hydroxyl groups excluding tert-OH is 1. The molecule has 1 aliphatic carbocycles. The molecule has 0 radical (unpaired) electrons. The second-order valence-electron chi connectivity index (χ2n) is 9.66. The topological polar surface area (TPSA) is 125 Å². The van der Waals surface area contributed by atoms with Gasteiger partial charge >= 0.3 is 6.09 Å². The molecule has 2 aromatic carbocycles. The lowest BCUT2D eigenvalue weighted by atomic mass is 9.92. The lowest BCUT2D eigenvalue weighted by molar-refractivity contribution is -0.384. The van der Waals surface area contributed by atoms with E-state index >= 15 is 0 Å². The Kier molecular flexibility index (Phi) is 6.77. The summed E-state index contributed by atoms with van der Waals surface area (Å²) in [5.74, 6) is -0.420. The Balaban J connectivity index is 1.29. The molecule has 0 spiro atoms. The van der Waals surface area contributed by atoms with Gasteiger partial charge in [-0.15, -0.1) is 0 Å². The number of benzene rings is 2. The van der Waals surface area contributed by atoms with Gasteiger partial charge in [-0.05, 0) is 43.9 Å². The molecule has 2 atom stereocenters. The normalized spacial score (nSPS) is 22.5. The van der Waals surface area contributed by atoms with Crippen LogP contribution in [0.2, 0.25) is 0 Å². The van der Waals surface area contributed by atoms with E-state index < -0.39 is 16.9 Å². The van der Waals surface area contributed by atoms with Gasteiger partial charge in [-0.1, -0.05) is 31.0 Å². The first-order valence-electron chi connectivity index (χ1n) is 12.5. The van der Waals surface area contributed by atoms with Gasteiger partial charge in [0.1, 0.15) is 12.3 Å². The van der Waals surface area contributed by atoms with Crippen molar-refractivity contribution in [3.05, 3.63) is 63.7 Å². The summed E-state index contributed by atoms with van der Waals surface area (Å²) in [7, 11) is 0. The highest BCUT2D eigenvalue weighted by Gasteiger charge is 2.35. The summed E-state index contributed by atoms with van der Waals surface area (Å²) in [5, 5.41) is 24.9. The van der Waals surface area contributed by atoms with Gasteiger partial charge in [-0.2, -0.15) is 0 Å². The monoisotopic (exact) mass is 494 g/mol. The molecular weight excluding hydrogens is 464 g/mol. The van der Waals surface area contributed by atoms with E-state index in [2.05, 4.69) is 5.32 Å². The van der Waals surface area contributed by atoms with E-state index in [4.69, 9.17) is 4.74 Å². The number of hydrogen-bond acceptors (Lipinski definition) is 7. The average Bonchev–Trinajstić information content (AvgIpc) is 2.89. The molecule has 0 aromatic heterocycles. The molecule has 190 valence electrons. The van der Waals surface area contributed by atoms with Crippen LogP contribution in [0.25, 0.3) is 0 Å². The number of cyclic esters (lactones) is 1. The highest BCUT2D eigenvalue weighted by Crippen LogP contribution is 2.35. The minimum atomic E-state index is -0.595. The number of carbonyl (C=O) groups is 2. The van der Waals surface area contributed by atoms with Crippen LogP contribution in [0.4, 0.5) is 21.9 Å². The van der Waals surface area contributed by atoms with Crippen LogP contribution < -0.4 is 15.1 Å². The van der Waals surface area contributed by atoms with Crippen molar-refractivity contribution < 1.29 is 24.4 Å². The van der Waals surface area contributed by atoms with Crippen LogP contribution in [0.15, 0.2) is 42.5 Å². The molecule has 1 saturated carbocycles. The van der Waals surface area contributed by atoms with E-state index in [1.54, 1.807) is 17.0 Å². The summed E-state index contributed by atoms with van der Waals surface area (Å²) >= 11 is 0. The first-order valence-corrected chi connectivity index (χ1v) is 12.5. The molecule has 3 aliphatic rings. The van der Waals surface area contributed by atoms with Crippen LogP contribution in [0.3, 0.4) is 0 Å². The Hall–Kier alpha value is -3.66. The maximum Gasteiger partial charge on any atom is 0.414 e. The SMILES string of the molecule is O=C(N[C@H]1CCCC[C@H]1O)c1ccc(N2CCC(N3C(=O)OCc4ccccc43)CC2)c([N+](=O)[O-])c1. The molecule has 2 aromatic rings. The molecule has 10 heteroatoms. The molecule has 2 aliphatic heterocycles. The van der Waals surface area contributed by atoms with Crippen molar-refractivity contribution in [2.75, 3.05) is 22.9 Å². The van der Waals surface area contributed by atoms with E-state index in [9.17, 15) is 24.8 Å². The van der Waals surface area contributed by atoms with Crippen molar-refractivity contribution in [2.45, 2.75) is 63.3 Å². The molecular formula is C26H30N4O6. The number of nitro benzene ring substituents is 1. The fourth-order valence-corrected chi connectivity index (χ4v) is 5.50. The van der Waals surface area contributed by atoms with Crippen molar-refractivity contribution in [2.24, 2.45) is 0 Å². The number of ether oxygens (including phenoxy) is 1. The number of nitrogens with zero attached hydrogens (tertiary/aromatic N) is 3. The molecule has 5 rings (SSSR count). The lowest BCUT2D eigenvalue weighted by Gasteiger charge is -2.40. The van der Waals surface area contributed by atoms with Crippen molar-refractivity contribution in [3.63, 3.8) is 0 Å². The summed E-state index contributed by atoms with van der Waals surface area (Å²) in [6.07, 6.45) is 3.48. The summed E-state index contributed by atoms with van der Waals surface area (Å²) in [4.78, 5) is 40.4. The fourth-order valence-electron chi connectivity index (χ4n) is 5.50. The van der Waals surface area contributed by atoms with Gasteiger partial charge in [0, 0.05) is 36.3 Å². The number of piperidine rings is 1. The smallest absolute Gasteiger partial charge is 0.414 e. The van der Waals surface area contributed by atoms with Crippen molar-refractivity contribution in [1.29, 1.82) is 0 Å². The van der Waals surface area contributed by atoms with Gasteiger partial charge in [0.05, 0.1) is 22.8 Å². The number of para-hydroxylation sites is 1. The number of rotatable bonds is 5. The average molecular weight is 495 g/mol. The van der Waals surface area contributed by atoms with Crippen molar-refractivity contribution >= 4 is 29.1 Å². The quantitative estimate of drug-likeness (QED) is 0.479. The maximum absolute atomic E-state index is 12.8. The fraction of sp³-hybridized carbons (Fsp3) is 0.462. The van der Waals surface area contributed by atoms with Crippen molar-refractivity contribution in [3.8, 4) is 0 Å². The van der Waals surface area contributed by atoms with Gasteiger partial charge in [-0.25, -0.2) is 4.79 Å². The number of carbonyl (C=O) groups excluding carboxylic acids is 2. The largest absolute Gasteiger partial charge is 0.444 e. The summed E-state index contributed by atoms with van der Waals surface area (Å²) in [5.41, 5.74) is 2.34. The highest BCUT2D eigenvalue weighted by atomic mass is 16.6. The van der Waals surface area contributed by atoms with Gasteiger partial charge in [0.2, 0.25) is 0 Å². The Morgan fingerprint density at radius 2 is 1.81 bits per heavy atom. The van der Waals surface area contributed by atoms with E-state index in [0.717, 1.165) is 24.1 Å². The minimum absolute atomic E-state index is 0.0683. The minimum Gasteiger partial charge on any atom is -0.444 e. The number of aliphatic hydroxyl groups is 1. The van der Waals surface area contributed by atoms with E-state index in [1.165, 1.54) is 6.07 Å². The summed E-state index contributed by atoms with van der Waals surface area (Å²) < 4.78 is 5.36. The predicted molar refractivity (Wildman–Crippen MR) is 133 cm³/mol. The van der Waals surface area contributed by atoms with Gasteiger partial charge in [-0.3, -0.25) is 19.8 Å². The molecule has 2 amide bonds. The molecule has 2 heterocycles. The lowest BCUT2D eigenvalue weighted by Crippen LogP contribution is -2.49. The number of nitrogens with one attached hydrogen (secondary N) is 1. The van der Waals surface area contributed by atoms with Crippen LogP contribution in [-0.4, -0.2) is 53.3 Å². The first kappa shape index (κ1) is 24.1. The highest BCUT2D eigenvalue weighted by molar-refractivity contribution is 5.96. The zero-order chi connectivity index (χ0) is 25.2. The Morgan fingerprint density at radius 1 is 1.06 bits per heavy atom. The van der Waals surface area contributed by atoms with E-state index in [-0.39, 0.29) is 36.0 Å². The molecule has 1 saturated heterocycles. The third-order valence-electron chi connectivity index (χ3n) is 7.45. The number of fused-ring (bicyclic) bond motifs is 1. The van der Waals surface area contributed by atoms with Crippen LogP contribution in [0.5, 0.6) is 0 Å². The second kappa shape index (κ2) is 10.1. The third kappa shape index (κ3) is 4.73. The molecule has 2 fully saturated rings. The first-order chi connectivity index (χ1) is 17.4. The van der Waals surface area contributed by atoms with E-state index in [1.807, 2.05) is 29.2 Å². The van der Waals surface area contributed by atoms with Gasteiger partial charge in [0.25, 0.3) is 11.6 Å². The summed E-state index contributed by atoms with van der Waals surface area (Å²) in [6.45, 7) is 1.31.